The number of carbonyl (C=O) groups is 1. The van der Waals surface area contributed by atoms with Gasteiger partial charge in [0.25, 0.3) is 0 Å². The van der Waals surface area contributed by atoms with E-state index in [-0.39, 0.29) is 11.9 Å². The number of likely N-dealkylation sites (N-methyl/N-ethyl adjacent to an activating group) is 1. The van der Waals surface area contributed by atoms with Gasteiger partial charge in [0.05, 0.1) is 11.6 Å². The number of rotatable bonds is 6. The summed E-state index contributed by atoms with van der Waals surface area (Å²) >= 11 is 0. The lowest BCUT2D eigenvalue weighted by Crippen LogP contribution is -2.41. The molecule has 3 atom stereocenters. The van der Waals surface area contributed by atoms with Crippen LogP contribution in [0.25, 0.3) is 11.5 Å². The number of aromatic nitrogens is 5. The summed E-state index contributed by atoms with van der Waals surface area (Å²) in [5.74, 6) is 2.97. The molecule has 0 amide bonds. The predicted molar refractivity (Wildman–Crippen MR) is 137 cm³/mol. The molecule has 10 heteroatoms. The van der Waals surface area contributed by atoms with E-state index in [9.17, 15) is 4.79 Å². The van der Waals surface area contributed by atoms with Crippen molar-refractivity contribution in [1.82, 2.24) is 30.0 Å². The number of Topliss-reactive ketones (excluding diaryl/α,β-unsaturated/α-hetero) is 1. The molecule has 0 aromatic carbocycles. The predicted octanol–water partition coefficient (Wildman–Crippen LogP) is 4.24. The van der Waals surface area contributed by atoms with Crippen molar-refractivity contribution in [3.05, 3.63) is 36.0 Å². The molecule has 194 valence electrons. The molecular weight excluding hydrogens is 470 g/mol. The van der Waals surface area contributed by atoms with Gasteiger partial charge in [-0.3, -0.25) is 14.7 Å². The average molecular weight is 504 g/mol. The Hall–Kier alpha value is -3.40. The second kappa shape index (κ2) is 9.81. The number of anilines is 2. The maximum atomic E-state index is 13.1. The maximum absolute atomic E-state index is 13.1. The van der Waals surface area contributed by atoms with Crippen LogP contribution in [-0.4, -0.2) is 61.5 Å². The van der Waals surface area contributed by atoms with Crippen molar-refractivity contribution >= 4 is 17.4 Å². The number of carbonyl (C=O) groups excluding carboxylic acids is 1. The molecule has 6 rings (SSSR count). The van der Waals surface area contributed by atoms with E-state index in [1.165, 1.54) is 0 Å². The molecule has 1 N–H and O–H groups in total. The zero-order valence-corrected chi connectivity index (χ0v) is 21.4. The first kappa shape index (κ1) is 24.0. The maximum Gasteiger partial charge on any atom is 0.219 e. The van der Waals surface area contributed by atoms with E-state index in [1.54, 1.807) is 24.7 Å². The lowest BCUT2D eigenvalue weighted by atomic mass is 9.64. The summed E-state index contributed by atoms with van der Waals surface area (Å²) in [5.41, 5.74) is 0.992. The number of nitrogens with one attached hydrogen (secondary N) is 1. The monoisotopic (exact) mass is 503 g/mol. The highest BCUT2D eigenvalue weighted by Gasteiger charge is 2.48. The number of nitrogens with zero attached hydrogens (tertiary/aromatic N) is 6. The third kappa shape index (κ3) is 4.47. The van der Waals surface area contributed by atoms with Crippen LogP contribution in [0.1, 0.15) is 69.6 Å². The molecule has 1 saturated heterocycles. The van der Waals surface area contributed by atoms with Gasteiger partial charge in [-0.2, -0.15) is 4.98 Å². The first-order chi connectivity index (χ1) is 18.0. The lowest BCUT2D eigenvalue weighted by molar-refractivity contribution is -0.128. The van der Waals surface area contributed by atoms with E-state index in [1.807, 2.05) is 0 Å². The van der Waals surface area contributed by atoms with Crippen molar-refractivity contribution in [1.29, 1.82) is 0 Å². The fourth-order valence-electron chi connectivity index (χ4n) is 6.32. The molecule has 0 unspecified atom stereocenters. The van der Waals surface area contributed by atoms with Gasteiger partial charge in [0.15, 0.2) is 17.3 Å². The van der Waals surface area contributed by atoms with E-state index < -0.39 is 5.41 Å². The second-order valence-electron chi connectivity index (χ2n) is 10.5. The Morgan fingerprint density at radius 2 is 2.03 bits per heavy atom. The topological polar surface area (TPSA) is 119 Å². The molecule has 2 aliphatic carbocycles. The van der Waals surface area contributed by atoms with E-state index in [4.69, 9.17) is 19.2 Å². The highest BCUT2D eigenvalue weighted by molar-refractivity contribution is 5.91. The minimum absolute atomic E-state index is 0.0472. The number of likely N-dealkylation sites (tertiary alicyclic amines) is 1. The van der Waals surface area contributed by atoms with Crippen LogP contribution in [0, 0.1) is 0 Å². The van der Waals surface area contributed by atoms with Crippen LogP contribution in [0.2, 0.25) is 0 Å². The Labute approximate surface area is 216 Å². The average Bonchev–Trinajstić information content (AvgIpc) is 3.53. The molecule has 0 radical (unpaired) electrons. The van der Waals surface area contributed by atoms with Crippen molar-refractivity contribution in [2.45, 2.75) is 82.3 Å². The summed E-state index contributed by atoms with van der Waals surface area (Å²) in [6.45, 7) is 3.15. The van der Waals surface area contributed by atoms with Gasteiger partial charge >= 0.3 is 0 Å². The molecule has 1 spiro atoms. The minimum Gasteiger partial charge on any atom is -0.473 e. The lowest BCUT2D eigenvalue weighted by Gasteiger charge is -2.36. The van der Waals surface area contributed by atoms with Crippen molar-refractivity contribution in [3.63, 3.8) is 0 Å². The van der Waals surface area contributed by atoms with Crippen molar-refractivity contribution in [3.8, 4) is 17.4 Å². The molecule has 3 aromatic rings. The van der Waals surface area contributed by atoms with Gasteiger partial charge in [-0.15, -0.1) is 0 Å². The molecule has 10 nitrogen and oxygen atoms in total. The van der Waals surface area contributed by atoms with Crippen molar-refractivity contribution < 1.29 is 14.1 Å². The highest BCUT2D eigenvalue weighted by Crippen LogP contribution is 2.47. The van der Waals surface area contributed by atoms with Crippen LogP contribution in [0.5, 0.6) is 5.88 Å². The van der Waals surface area contributed by atoms with Gasteiger partial charge in [0, 0.05) is 36.5 Å². The number of hydrogen-bond acceptors (Lipinski definition) is 10. The fourth-order valence-corrected chi connectivity index (χ4v) is 6.32. The van der Waals surface area contributed by atoms with Crippen LogP contribution in [-0.2, 0) is 16.6 Å². The quantitative estimate of drug-likeness (QED) is 0.523. The first-order valence-corrected chi connectivity index (χ1v) is 13.4. The number of fused-ring (bicyclic) bond motifs is 2. The SMILES string of the molecule is C[C@H](Oc1cc(Nc2cnccn2)nc(-c2noc3c2CCC[C@@]32CCCCC2=O)n1)[C@@H]1CCCN1C. The van der Waals surface area contributed by atoms with Gasteiger partial charge < -0.3 is 14.6 Å². The van der Waals surface area contributed by atoms with E-state index >= 15 is 0 Å². The molecule has 37 heavy (non-hydrogen) atoms. The van der Waals surface area contributed by atoms with E-state index in [0.29, 0.717) is 41.5 Å². The fraction of sp³-hybridized carbons (Fsp3) is 0.556. The first-order valence-electron chi connectivity index (χ1n) is 13.4. The van der Waals surface area contributed by atoms with Crippen LogP contribution in [0.4, 0.5) is 11.6 Å². The van der Waals surface area contributed by atoms with Gasteiger partial charge in [-0.1, -0.05) is 11.6 Å². The van der Waals surface area contributed by atoms with Gasteiger partial charge in [0.1, 0.15) is 23.5 Å². The van der Waals surface area contributed by atoms with Crippen LogP contribution < -0.4 is 10.1 Å². The summed E-state index contributed by atoms with van der Waals surface area (Å²) in [7, 11) is 2.13. The normalized spacial score (nSPS) is 24.7. The largest absolute Gasteiger partial charge is 0.473 e. The van der Waals surface area contributed by atoms with Crippen LogP contribution in [0.3, 0.4) is 0 Å². The van der Waals surface area contributed by atoms with Crippen molar-refractivity contribution in [2.24, 2.45) is 0 Å². The molecule has 4 heterocycles. The van der Waals surface area contributed by atoms with E-state index in [0.717, 1.165) is 69.2 Å². The summed E-state index contributed by atoms with van der Waals surface area (Å²) in [6.07, 6.45) is 13.0. The molecule has 0 bridgehead atoms. The second-order valence-corrected chi connectivity index (χ2v) is 10.5. The molecule has 3 aliphatic rings. The third-order valence-electron chi connectivity index (χ3n) is 8.20. The molecule has 3 aromatic heterocycles. The molecular formula is C27H33N7O3. The Balaban J connectivity index is 1.38. The number of ketones is 1. The summed E-state index contributed by atoms with van der Waals surface area (Å²) < 4.78 is 12.3. The molecule has 1 saturated carbocycles. The number of hydrogen-bond donors (Lipinski definition) is 1. The van der Waals surface area contributed by atoms with Gasteiger partial charge in [-0.05, 0) is 65.5 Å². The zero-order chi connectivity index (χ0) is 25.4. The van der Waals surface area contributed by atoms with Gasteiger partial charge in [-0.25, -0.2) is 9.97 Å². The smallest absolute Gasteiger partial charge is 0.219 e. The van der Waals surface area contributed by atoms with Crippen molar-refractivity contribution in [2.75, 3.05) is 18.9 Å². The standard InChI is InChI=1S/C27H33N7O3/c1-17(19-8-6-14-34(19)2)36-23-15-21(30-22-16-28-12-13-29-22)31-26(32-23)24-18-7-5-11-27(25(18)37-33-24)10-4-3-9-20(27)35/h12-13,15-17,19H,3-11,14H2,1-2H3,(H,29,30,31,32)/t17-,19-,27+/m0/s1. The Morgan fingerprint density at radius 3 is 2.81 bits per heavy atom. The Bertz CT molecular complexity index is 1280. The molecule has 1 aliphatic heterocycles. The summed E-state index contributed by atoms with van der Waals surface area (Å²) in [4.78, 5) is 33.4. The zero-order valence-electron chi connectivity index (χ0n) is 21.4. The van der Waals surface area contributed by atoms with E-state index in [2.05, 4.69) is 39.3 Å². The van der Waals surface area contributed by atoms with Gasteiger partial charge in [0.2, 0.25) is 5.88 Å². The Morgan fingerprint density at radius 1 is 1.14 bits per heavy atom. The third-order valence-corrected chi connectivity index (χ3v) is 8.20. The van der Waals surface area contributed by atoms with Crippen LogP contribution >= 0.6 is 0 Å². The summed E-state index contributed by atoms with van der Waals surface area (Å²) in [6, 6.07) is 2.11. The number of ether oxygens (including phenoxy) is 1. The molecule has 2 fully saturated rings. The highest BCUT2D eigenvalue weighted by atomic mass is 16.5. The summed E-state index contributed by atoms with van der Waals surface area (Å²) in [5, 5.41) is 7.65. The Kier molecular flexibility index (Phi) is 6.36. The van der Waals surface area contributed by atoms with Crippen LogP contribution in [0.15, 0.2) is 29.2 Å². The minimum atomic E-state index is -0.548.